The maximum atomic E-state index is 14.2. The van der Waals surface area contributed by atoms with Crippen LogP contribution in [-0.2, 0) is 43.5 Å². The van der Waals surface area contributed by atoms with Gasteiger partial charge < -0.3 is 33.3 Å². The summed E-state index contributed by atoms with van der Waals surface area (Å²) >= 11 is 0. The summed E-state index contributed by atoms with van der Waals surface area (Å²) in [6.07, 6.45) is 5.44. The van der Waals surface area contributed by atoms with Crippen LogP contribution < -0.4 is 9.47 Å². The number of phenolic OH excluding ortho intramolecular Hbond substituents is 1. The summed E-state index contributed by atoms with van der Waals surface area (Å²) in [4.78, 5) is 50.9. The quantitative estimate of drug-likeness (QED) is 0.0214. The molecule has 0 saturated heterocycles. The predicted molar refractivity (Wildman–Crippen MR) is 373 cm³/mol. The molecule has 1 heterocycles. The number of hydrogen-bond donors (Lipinski definition) is 1. The number of fused-ring (bicyclic) bond motifs is 3. The number of rotatable bonds is 18. The number of thiophene rings is 1. The third-order valence-electron chi connectivity index (χ3n) is 20.8. The van der Waals surface area contributed by atoms with Crippen LogP contribution in [0.1, 0.15) is 217 Å². The van der Waals surface area contributed by atoms with E-state index in [1.807, 2.05) is 59.7 Å². The summed E-state index contributed by atoms with van der Waals surface area (Å²) in [5, 5.41) is 11.9. The smallest absolute Gasteiger partial charge is 0.426 e. The largest absolute Gasteiger partial charge is 0.748 e. The van der Waals surface area contributed by atoms with Crippen molar-refractivity contribution in [1.82, 2.24) is 0 Å². The van der Waals surface area contributed by atoms with Crippen LogP contribution in [0, 0.1) is 45.1 Å². The number of aromatic hydroxyl groups is 1. The number of alkyl halides is 3. The molecule has 0 radical (unpaired) electrons. The SMILES string of the molecule is CCC(C)(C)C(=O)OC1(C)CCCC1.CCC(C)(C)C(=O)OC12CC3CC(C1)CC(C(=O)OC(CS(=O)(=O)[O-])C(F)(F)F)(C3)C2.CCC(C)(C)C(=O)Oc1ccc(OC2(C)CCCC2)c(F)c1F.CCC(C)c1cccc(O)c1.c1ccc(-[s+]2c3ccccc3c3ccccc32)cc1. The van der Waals surface area contributed by atoms with Crippen LogP contribution in [0.25, 0.3) is 25.1 Å². The van der Waals surface area contributed by atoms with Gasteiger partial charge in [0.1, 0.15) is 22.6 Å². The van der Waals surface area contributed by atoms with Crippen LogP contribution in [0.15, 0.2) is 115 Å². The molecule has 6 fully saturated rings. The second kappa shape index (κ2) is 31.9. The highest BCUT2D eigenvalue weighted by Crippen LogP contribution is 2.64. The van der Waals surface area contributed by atoms with Crippen molar-refractivity contribution in [2.75, 3.05) is 5.75 Å². The number of ether oxygens (including phenoxy) is 5. The zero-order valence-electron chi connectivity index (χ0n) is 59.3. The molecule has 0 spiro atoms. The standard InChI is InChI=1S/C20H29F3O7S.C18H24F2O3.C18H13S.C12H22O2.C10H14O/c1-4-17(2,3)15(24)30-19-8-12-5-13(9-19)7-18(6-12,11-19)16(25)29-14(20(21,22)23)10-31(26,27)28;1-5-17(2,3)16(21)22-12-8-9-13(15(20)14(12)19)23-18(4)10-6-7-11-18;1-2-8-14(9-3-1)19-17-12-6-4-10-15(17)16-11-5-7-13-18(16)19;1-5-11(2,3)10(13)14-12(4)8-6-7-9-12;1-3-8(2)9-5-4-6-10(11)7-9/h12-14H,4-11H2,1-3H3,(H,26,27,28);8-9H,5-7,10-11H2,1-4H3;1-13H;5-9H2,1-4H3;4-8,11H,3H2,1-2H3/q;;+1;;/p-1. The topological polar surface area (TPSA) is 192 Å². The Morgan fingerprint density at radius 1 is 0.622 bits per heavy atom. The number of phenols is 1. The fourth-order valence-corrected chi connectivity index (χ4v) is 16.7. The first-order valence-corrected chi connectivity index (χ1v) is 37.4. The molecule has 12 rings (SSSR count). The molecule has 4 bridgehead atoms. The predicted octanol–water partition coefficient (Wildman–Crippen LogP) is 20.3. The normalized spacial score (nSPS) is 21.3. The second-order valence-corrected chi connectivity index (χ2v) is 33.5. The molecule has 20 heteroatoms. The van der Waals surface area contributed by atoms with Gasteiger partial charge in [-0.3, -0.25) is 19.2 Å². The molecule has 13 nitrogen and oxygen atoms in total. The van der Waals surface area contributed by atoms with Crippen molar-refractivity contribution in [2.45, 2.75) is 241 Å². The fourth-order valence-electron chi connectivity index (χ4n) is 13.7. The monoisotopic (exact) mass is 1400 g/mol. The van der Waals surface area contributed by atoms with Crippen molar-refractivity contribution in [2.24, 2.45) is 33.5 Å². The Morgan fingerprint density at radius 3 is 1.58 bits per heavy atom. The second-order valence-electron chi connectivity index (χ2n) is 30.1. The first-order chi connectivity index (χ1) is 45.8. The van der Waals surface area contributed by atoms with Gasteiger partial charge in [-0.2, -0.15) is 22.0 Å². The summed E-state index contributed by atoms with van der Waals surface area (Å²) in [6, 6.07) is 38.4. The molecule has 0 aliphatic heterocycles. The van der Waals surface area contributed by atoms with Crippen molar-refractivity contribution in [3.63, 3.8) is 0 Å². The lowest BCUT2D eigenvalue weighted by molar-refractivity contribution is -0.239. The Kier molecular flexibility index (Phi) is 25.6. The average molecular weight is 1410 g/mol. The zero-order valence-corrected chi connectivity index (χ0v) is 60.9. The molecular formula is C78H101F5O13S2. The van der Waals surface area contributed by atoms with Crippen molar-refractivity contribution >= 4 is 64.6 Å². The molecule has 0 amide bonds. The summed E-state index contributed by atoms with van der Waals surface area (Å²) in [6.45, 7) is 24.8. The third kappa shape index (κ3) is 19.9. The number of carbonyl (C=O) groups excluding carboxylic acids is 4. The van der Waals surface area contributed by atoms with Gasteiger partial charge in [-0.1, -0.05) is 89.2 Å². The molecule has 4 unspecified atom stereocenters. The van der Waals surface area contributed by atoms with E-state index in [-0.39, 0.29) is 51.5 Å². The zero-order chi connectivity index (χ0) is 72.5. The van der Waals surface area contributed by atoms with E-state index in [0.29, 0.717) is 50.2 Å². The van der Waals surface area contributed by atoms with Crippen molar-refractivity contribution in [1.29, 1.82) is 0 Å². The van der Waals surface area contributed by atoms with Crippen LogP contribution in [0.2, 0.25) is 0 Å². The molecule has 98 heavy (non-hydrogen) atoms. The van der Waals surface area contributed by atoms with Crippen molar-refractivity contribution in [3.05, 3.63) is 132 Å². The van der Waals surface area contributed by atoms with Gasteiger partial charge in [0.05, 0.1) is 37.5 Å². The molecule has 6 aliphatic carbocycles. The van der Waals surface area contributed by atoms with Gasteiger partial charge >= 0.3 is 30.1 Å². The lowest BCUT2D eigenvalue weighted by atomic mass is 9.48. The van der Waals surface area contributed by atoms with E-state index in [9.17, 15) is 54.1 Å². The van der Waals surface area contributed by atoms with E-state index in [1.165, 1.54) is 55.6 Å². The Labute approximate surface area is 579 Å². The molecule has 538 valence electrons. The Hall–Kier alpha value is -6.64. The van der Waals surface area contributed by atoms with Crippen LogP contribution in [-0.4, -0.2) is 76.8 Å². The maximum Gasteiger partial charge on any atom is 0.426 e. The van der Waals surface area contributed by atoms with Crippen LogP contribution >= 0.6 is 10.5 Å². The minimum absolute atomic E-state index is 0.00100. The van der Waals surface area contributed by atoms with E-state index >= 15 is 0 Å². The highest BCUT2D eigenvalue weighted by molar-refractivity contribution is 7.85. The number of carbonyl (C=O) groups is 4. The summed E-state index contributed by atoms with van der Waals surface area (Å²) < 4.78 is 131. The minimum Gasteiger partial charge on any atom is -0.748 e. The summed E-state index contributed by atoms with van der Waals surface area (Å²) in [7, 11) is -5.21. The van der Waals surface area contributed by atoms with E-state index in [4.69, 9.17) is 24.1 Å². The molecule has 6 aromatic rings. The van der Waals surface area contributed by atoms with Crippen LogP contribution in [0.3, 0.4) is 0 Å². The molecule has 6 saturated carbocycles. The Bertz CT molecular complexity index is 3760. The van der Waals surface area contributed by atoms with Crippen molar-refractivity contribution in [3.8, 4) is 22.1 Å². The summed E-state index contributed by atoms with van der Waals surface area (Å²) in [5.74, 6) is -6.01. The van der Waals surface area contributed by atoms with E-state index < -0.39 is 90.9 Å². The number of benzene rings is 5. The van der Waals surface area contributed by atoms with E-state index in [2.05, 4.69) is 104 Å². The first-order valence-electron chi connectivity index (χ1n) is 34.6. The molecular weight excluding hydrogens is 1300 g/mol. The Balaban J connectivity index is 0.000000180. The van der Waals surface area contributed by atoms with E-state index in [1.54, 1.807) is 33.8 Å². The van der Waals surface area contributed by atoms with Gasteiger partial charge in [0.25, 0.3) is 0 Å². The maximum absolute atomic E-state index is 14.2. The Morgan fingerprint density at radius 2 is 1.09 bits per heavy atom. The first kappa shape index (κ1) is 78.7. The number of halogens is 5. The van der Waals surface area contributed by atoms with Gasteiger partial charge in [0, 0.05) is 27.7 Å². The van der Waals surface area contributed by atoms with Gasteiger partial charge in [-0.25, -0.2) is 8.42 Å². The molecule has 5 aromatic carbocycles. The number of esters is 4. The average Bonchev–Trinajstić information content (AvgIpc) is 0.983. The summed E-state index contributed by atoms with van der Waals surface area (Å²) in [5.41, 5.74) is -3.46. The highest BCUT2D eigenvalue weighted by atomic mass is 32.2. The van der Waals surface area contributed by atoms with Crippen LogP contribution in [0.5, 0.6) is 17.2 Å². The lowest BCUT2D eigenvalue weighted by Gasteiger charge is -2.60. The molecule has 1 N–H and O–H groups in total. The molecule has 1 aromatic heterocycles. The van der Waals surface area contributed by atoms with E-state index in [0.717, 1.165) is 57.8 Å². The van der Waals surface area contributed by atoms with Crippen LogP contribution in [0.4, 0.5) is 22.0 Å². The lowest BCUT2D eigenvalue weighted by Crippen LogP contribution is -2.61. The number of hydrogen-bond acceptors (Lipinski definition) is 13. The highest BCUT2D eigenvalue weighted by Gasteiger charge is 2.64. The minimum atomic E-state index is -5.27. The molecule has 6 aliphatic rings. The van der Waals surface area contributed by atoms with Gasteiger partial charge in [-0.05, 0) is 249 Å². The van der Waals surface area contributed by atoms with Gasteiger partial charge in [-0.15, -0.1) is 0 Å². The van der Waals surface area contributed by atoms with Crippen molar-refractivity contribution < 1.29 is 82.9 Å². The van der Waals surface area contributed by atoms with Gasteiger partial charge in [0.2, 0.25) is 17.7 Å². The van der Waals surface area contributed by atoms with Gasteiger partial charge in [0.15, 0.2) is 25.8 Å². The third-order valence-corrected chi connectivity index (χ3v) is 23.8. The molecule has 4 atom stereocenters. The fraction of sp³-hybridized carbons (Fsp3) is 0.564.